The quantitative estimate of drug-likeness (QED) is 0.699. The maximum atomic E-state index is 12.2. The van der Waals surface area contributed by atoms with Crippen LogP contribution in [0.5, 0.6) is 0 Å². The van der Waals surface area contributed by atoms with Gasteiger partial charge in [0.1, 0.15) is 0 Å². The van der Waals surface area contributed by atoms with Crippen LogP contribution in [0.1, 0.15) is 10.4 Å². The molecule has 0 aliphatic rings. The van der Waals surface area contributed by atoms with Crippen molar-refractivity contribution in [3.63, 3.8) is 0 Å². The van der Waals surface area contributed by atoms with Gasteiger partial charge in [-0.3, -0.25) is 0 Å². The average molecular weight is 250 g/mol. The largest absolute Gasteiger partial charge is 0.478 e. The van der Waals surface area contributed by atoms with Crippen LogP contribution in [0, 0.1) is 5.82 Å². The summed E-state index contributed by atoms with van der Waals surface area (Å²) in [6.45, 7) is 0. The highest BCUT2D eigenvalue weighted by atomic mass is 19.1. The Balaban J connectivity index is 0.000000180. The number of hydrogen-bond donors (Lipinski definition) is 3. The van der Waals surface area contributed by atoms with Crippen molar-refractivity contribution in [3.8, 4) is 0 Å². The number of carboxylic acid groups (broad SMARTS) is 1. The van der Waals surface area contributed by atoms with Gasteiger partial charge in [-0.15, -0.1) is 0 Å². The van der Waals surface area contributed by atoms with E-state index in [9.17, 15) is 9.18 Å². The van der Waals surface area contributed by atoms with Gasteiger partial charge in [0, 0.05) is 0 Å². The molecule has 18 heavy (non-hydrogen) atoms. The fourth-order valence-corrected chi connectivity index (χ4v) is 0.975. The van der Waals surface area contributed by atoms with Gasteiger partial charge in [0.05, 0.1) is 11.8 Å². The molecular weight excluding hydrogens is 239 g/mol. The number of carbonyl (C=O) groups is 1. The van der Waals surface area contributed by atoms with Crippen LogP contribution in [0.2, 0.25) is 0 Å². The van der Waals surface area contributed by atoms with E-state index in [-0.39, 0.29) is 11.8 Å². The molecule has 0 atom stereocenters. The van der Waals surface area contributed by atoms with E-state index in [2.05, 4.69) is 9.97 Å². The standard InChI is InChI=1S/C7H6O2.C4H5FN4/c8-7(9)6-4-2-1-3-5-6;5-2-1-8-4(7)9-3(2)6/h1-5H,(H,8,9);1H,(H4,6,7,8,9). The molecule has 0 fully saturated rings. The molecule has 0 aliphatic heterocycles. The lowest BCUT2D eigenvalue weighted by molar-refractivity contribution is 0.0697. The molecule has 0 bridgehead atoms. The van der Waals surface area contributed by atoms with Crippen molar-refractivity contribution in [1.29, 1.82) is 0 Å². The Bertz CT molecular complexity index is 534. The molecule has 0 amide bonds. The fourth-order valence-electron chi connectivity index (χ4n) is 0.975. The number of aromatic nitrogens is 2. The first kappa shape index (κ1) is 13.4. The number of nitrogens with two attached hydrogens (primary N) is 2. The first-order chi connectivity index (χ1) is 8.50. The van der Waals surface area contributed by atoms with E-state index in [0.29, 0.717) is 5.56 Å². The van der Waals surface area contributed by atoms with Crippen molar-refractivity contribution >= 4 is 17.7 Å². The minimum Gasteiger partial charge on any atom is -0.478 e. The van der Waals surface area contributed by atoms with Crippen LogP contribution in [-0.4, -0.2) is 21.0 Å². The lowest BCUT2D eigenvalue weighted by Gasteiger charge is -1.93. The number of halogens is 1. The highest BCUT2D eigenvalue weighted by molar-refractivity contribution is 5.87. The van der Waals surface area contributed by atoms with Crippen LogP contribution in [0.15, 0.2) is 36.5 Å². The molecule has 0 unspecified atom stereocenters. The van der Waals surface area contributed by atoms with E-state index in [0.717, 1.165) is 6.20 Å². The summed E-state index contributed by atoms with van der Waals surface area (Å²) in [6.07, 6.45) is 0.928. The summed E-state index contributed by atoms with van der Waals surface area (Å²) < 4.78 is 12.2. The highest BCUT2D eigenvalue weighted by Gasteiger charge is 1.98. The summed E-state index contributed by atoms with van der Waals surface area (Å²) in [5.74, 6) is -1.77. The molecule has 1 aromatic carbocycles. The molecule has 1 heterocycles. The summed E-state index contributed by atoms with van der Waals surface area (Å²) in [6, 6.07) is 8.30. The molecular formula is C11H11FN4O2. The maximum absolute atomic E-state index is 12.2. The smallest absolute Gasteiger partial charge is 0.335 e. The van der Waals surface area contributed by atoms with Crippen molar-refractivity contribution in [1.82, 2.24) is 9.97 Å². The van der Waals surface area contributed by atoms with E-state index in [1.165, 1.54) is 0 Å². The molecule has 0 aliphatic carbocycles. The highest BCUT2D eigenvalue weighted by Crippen LogP contribution is 2.03. The Hall–Kier alpha value is -2.70. The van der Waals surface area contributed by atoms with Gasteiger partial charge in [0.15, 0.2) is 11.6 Å². The molecule has 2 rings (SSSR count). The third-order valence-corrected chi connectivity index (χ3v) is 1.81. The molecule has 1 aromatic heterocycles. The molecule has 5 N–H and O–H groups in total. The minimum absolute atomic E-state index is 0.0195. The second kappa shape index (κ2) is 6.14. The summed E-state index contributed by atoms with van der Waals surface area (Å²) >= 11 is 0. The molecule has 0 radical (unpaired) electrons. The van der Waals surface area contributed by atoms with Gasteiger partial charge in [-0.25, -0.2) is 14.2 Å². The summed E-state index contributed by atoms with van der Waals surface area (Å²) in [5, 5.41) is 8.38. The zero-order valence-corrected chi connectivity index (χ0v) is 9.25. The van der Waals surface area contributed by atoms with Gasteiger partial charge < -0.3 is 16.6 Å². The summed E-state index contributed by atoms with van der Waals surface area (Å²) in [4.78, 5) is 16.9. The van der Waals surface area contributed by atoms with Crippen molar-refractivity contribution in [2.45, 2.75) is 0 Å². The number of nitrogens with zero attached hydrogens (tertiary/aromatic N) is 2. The number of rotatable bonds is 1. The van der Waals surface area contributed by atoms with Crippen LogP contribution in [0.3, 0.4) is 0 Å². The van der Waals surface area contributed by atoms with Crippen LogP contribution < -0.4 is 11.5 Å². The van der Waals surface area contributed by atoms with Crippen LogP contribution in [0.25, 0.3) is 0 Å². The van der Waals surface area contributed by atoms with Gasteiger partial charge in [0.25, 0.3) is 0 Å². The summed E-state index contributed by atoms with van der Waals surface area (Å²) in [7, 11) is 0. The lowest BCUT2D eigenvalue weighted by atomic mass is 10.2. The van der Waals surface area contributed by atoms with E-state index < -0.39 is 11.8 Å². The second-order valence-corrected chi connectivity index (χ2v) is 3.13. The third-order valence-electron chi connectivity index (χ3n) is 1.81. The Morgan fingerprint density at radius 3 is 2.22 bits per heavy atom. The Morgan fingerprint density at radius 2 is 1.83 bits per heavy atom. The predicted octanol–water partition coefficient (Wildman–Crippen LogP) is 1.16. The van der Waals surface area contributed by atoms with Crippen molar-refractivity contribution in [2.24, 2.45) is 0 Å². The Labute approximate surface area is 102 Å². The van der Waals surface area contributed by atoms with Gasteiger partial charge in [0.2, 0.25) is 5.95 Å². The predicted molar refractivity (Wildman–Crippen MR) is 64.2 cm³/mol. The molecule has 2 aromatic rings. The summed E-state index contributed by atoms with van der Waals surface area (Å²) in [5.41, 5.74) is 10.4. The Kier molecular flexibility index (Phi) is 4.56. The topological polar surface area (TPSA) is 115 Å². The number of hydrogen-bond acceptors (Lipinski definition) is 5. The average Bonchev–Trinajstić information content (AvgIpc) is 2.36. The number of nitrogen functional groups attached to an aromatic ring is 2. The first-order valence-corrected chi connectivity index (χ1v) is 4.82. The van der Waals surface area contributed by atoms with Crippen LogP contribution in [0.4, 0.5) is 16.2 Å². The molecule has 0 saturated carbocycles. The zero-order chi connectivity index (χ0) is 13.5. The van der Waals surface area contributed by atoms with Gasteiger partial charge >= 0.3 is 5.97 Å². The number of anilines is 2. The molecule has 6 nitrogen and oxygen atoms in total. The van der Waals surface area contributed by atoms with E-state index >= 15 is 0 Å². The van der Waals surface area contributed by atoms with E-state index in [1.807, 2.05) is 0 Å². The molecule has 0 spiro atoms. The van der Waals surface area contributed by atoms with Crippen molar-refractivity contribution < 1.29 is 14.3 Å². The minimum atomic E-state index is -0.879. The monoisotopic (exact) mass is 250 g/mol. The number of benzene rings is 1. The normalized spacial score (nSPS) is 9.17. The van der Waals surface area contributed by atoms with Gasteiger partial charge in [-0.05, 0) is 12.1 Å². The Morgan fingerprint density at radius 1 is 1.22 bits per heavy atom. The molecule has 7 heteroatoms. The molecule has 94 valence electrons. The maximum Gasteiger partial charge on any atom is 0.335 e. The van der Waals surface area contributed by atoms with Gasteiger partial charge in [-0.2, -0.15) is 4.98 Å². The lowest BCUT2D eigenvalue weighted by Crippen LogP contribution is -2.00. The second-order valence-electron chi connectivity index (χ2n) is 3.13. The third kappa shape index (κ3) is 4.05. The van der Waals surface area contributed by atoms with Gasteiger partial charge in [-0.1, -0.05) is 18.2 Å². The fraction of sp³-hybridized carbons (Fsp3) is 0. The first-order valence-electron chi connectivity index (χ1n) is 4.82. The van der Waals surface area contributed by atoms with Crippen molar-refractivity contribution in [3.05, 3.63) is 47.9 Å². The van der Waals surface area contributed by atoms with E-state index in [4.69, 9.17) is 16.6 Å². The van der Waals surface area contributed by atoms with Crippen LogP contribution >= 0.6 is 0 Å². The van der Waals surface area contributed by atoms with E-state index in [1.54, 1.807) is 30.3 Å². The van der Waals surface area contributed by atoms with Crippen molar-refractivity contribution in [2.75, 3.05) is 11.5 Å². The SMILES string of the molecule is Nc1ncc(F)c(N)n1.O=C(O)c1ccccc1. The van der Waals surface area contributed by atoms with Crippen LogP contribution in [-0.2, 0) is 0 Å². The number of aromatic carboxylic acids is 1. The molecule has 0 saturated heterocycles. The zero-order valence-electron chi connectivity index (χ0n) is 9.25. The number of carboxylic acids is 1.